The van der Waals surface area contributed by atoms with Crippen LogP contribution in [0.4, 0.5) is 0 Å². The van der Waals surface area contributed by atoms with E-state index in [4.69, 9.17) is 18.9 Å². The van der Waals surface area contributed by atoms with Gasteiger partial charge in [-0.05, 0) is 40.3 Å². The molecule has 0 bridgehead atoms. The molecule has 0 aliphatic carbocycles. The minimum Gasteiger partial charge on any atom is -0.374 e. The first-order valence-corrected chi connectivity index (χ1v) is 12.6. The molecule has 0 saturated carbocycles. The number of ether oxygens (including phenoxy) is 4. The predicted octanol–water partition coefficient (Wildman–Crippen LogP) is 7.34. The van der Waals surface area contributed by atoms with E-state index < -0.39 is 5.60 Å². The predicted molar refractivity (Wildman–Crippen MR) is 153 cm³/mol. The van der Waals surface area contributed by atoms with Gasteiger partial charge in [0.2, 0.25) is 0 Å². The van der Waals surface area contributed by atoms with Crippen molar-refractivity contribution in [3.63, 3.8) is 0 Å². The van der Waals surface area contributed by atoms with Gasteiger partial charge in [0.05, 0.1) is 39.6 Å². The van der Waals surface area contributed by atoms with Gasteiger partial charge in [0, 0.05) is 6.61 Å². The molecule has 0 radical (unpaired) electrons. The van der Waals surface area contributed by atoms with E-state index in [2.05, 4.69) is 19.7 Å². The van der Waals surface area contributed by atoms with Crippen molar-refractivity contribution in [2.24, 2.45) is 0 Å². The minimum atomic E-state index is -0.738. The van der Waals surface area contributed by atoms with Gasteiger partial charge in [-0.3, -0.25) is 0 Å². The van der Waals surface area contributed by atoms with Crippen molar-refractivity contribution >= 4 is 18.2 Å². The zero-order chi connectivity index (χ0) is 26.3. The maximum absolute atomic E-state index is 6.24. The molecule has 0 atom stereocenters. The first-order valence-electron chi connectivity index (χ1n) is 12.6. The molecule has 0 N–H and O–H groups in total. The molecule has 0 unspecified atom stereocenters. The van der Waals surface area contributed by atoms with Gasteiger partial charge in [-0.15, -0.1) is 0 Å². The second-order valence-corrected chi connectivity index (χ2v) is 8.93. The number of hydrogen-bond donors (Lipinski definition) is 0. The van der Waals surface area contributed by atoms with E-state index in [-0.39, 0.29) is 0 Å². The van der Waals surface area contributed by atoms with Gasteiger partial charge in [-0.1, -0.05) is 111 Å². The number of benzene rings is 3. The fourth-order valence-corrected chi connectivity index (χ4v) is 3.87. The van der Waals surface area contributed by atoms with Crippen LogP contribution in [0, 0.1) is 0 Å². The Bertz CT molecular complexity index is 959. The lowest BCUT2D eigenvalue weighted by Crippen LogP contribution is -2.47. The normalized spacial score (nSPS) is 11.3. The van der Waals surface area contributed by atoms with Crippen LogP contribution >= 0.6 is 0 Å². The minimum absolute atomic E-state index is 0.342. The molecule has 4 heteroatoms. The SMILES string of the molecule is C=Cc1ccc(COCC(COCc2ccc(C=C)cc2)(COCc2ccc(C=C)cc2)OCC)cc1. The van der Waals surface area contributed by atoms with E-state index in [0.29, 0.717) is 46.2 Å². The first kappa shape index (κ1) is 28.3. The Kier molecular flexibility index (Phi) is 11.5. The van der Waals surface area contributed by atoms with Crippen molar-refractivity contribution in [3.8, 4) is 0 Å². The van der Waals surface area contributed by atoms with Crippen molar-refractivity contribution in [2.45, 2.75) is 32.3 Å². The highest BCUT2D eigenvalue weighted by atomic mass is 16.6. The second kappa shape index (κ2) is 15.1. The van der Waals surface area contributed by atoms with Crippen molar-refractivity contribution in [2.75, 3.05) is 26.4 Å². The van der Waals surface area contributed by atoms with Gasteiger partial charge in [-0.2, -0.15) is 0 Å². The molecule has 3 rings (SSSR count). The van der Waals surface area contributed by atoms with Gasteiger partial charge < -0.3 is 18.9 Å². The first-order chi connectivity index (χ1) is 18.1. The summed E-state index contributed by atoms with van der Waals surface area (Å²) >= 11 is 0. The quantitative estimate of drug-likeness (QED) is 0.195. The van der Waals surface area contributed by atoms with Crippen LogP contribution in [0.1, 0.15) is 40.3 Å². The number of rotatable bonds is 17. The molecule has 4 nitrogen and oxygen atoms in total. The Morgan fingerprint density at radius 3 is 1.08 bits per heavy atom. The van der Waals surface area contributed by atoms with Gasteiger partial charge in [0.15, 0.2) is 0 Å². The van der Waals surface area contributed by atoms with Crippen LogP contribution in [0.5, 0.6) is 0 Å². The molecule has 194 valence electrons. The van der Waals surface area contributed by atoms with Crippen LogP contribution in [0.25, 0.3) is 18.2 Å². The molecule has 0 saturated heterocycles. The fourth-order valence-electron chi connectivity index (χ4n) is 3.87. The molecule has 37 heavy (non-hydrogen) atoms. The van der Waals surface area contributed by atoms with E-state index in [0.717, 1.165) is 33.4 Å². The van der Waals surface area contributed by atoms with Crippen LogP contribution < -0.4 is 0 Å². The molecule has 0 spiro atoms. The van der Waals surface area contributed by atoms with Crippen molar-refractivity contribution < 1.29 is 18.9 Å². The van der Waals surface area contributed by atoms with Gasteiger partial charge in [0.25, 0.3) is 0 Å². The van der Waals surface area contributed by atoms with Crippen LogP contribution in [0.3, 0.4) is 0 Å². The van der Waals surface area contributed by atoms with Crippen LogP contribution in [0.2, 0.25) is 0 Å². The lowest BCUT2D eigenvalue weighted by atomic mass is 10.1. The monoisotopic (exact) mass is 498 g/mol. The largest absolute Gasteiger partial charge is 0.374 e. The third kappa shape index (κ3) is 9.27. The maximum Gasteiger partial charge on any atom is 0.138 e. The average Bonchev–Trinajstić information content (AvgIpc) is 2.94. The summed E-state index contributed by atoms with van der Waals surface area (Å²) < 4.78 is 24.7. The van der Waals surface area contributed by atoms with Gasteiger partial charge in [0.1, 0.15) is 5.60 Å². The molecule has 0 aliphatic rings. The molecule has 0 fully saturated rings. The van der Waals surface area contributed by atoms with E-state index in [1.807, 2.05) is 97.9 Å². The van der Waals surface area contributed by atoms with E-state index >= 15 is 0 Å². The zero-order valence-electron chi connectivity index (χ0n) is 21.9. The highest BCUT2D eigenvalue weighted by Gasteiger charge is 2.32. The Balaban J connectivity index is 1.64. The number of hydrogen-bond acceptors (Lipinski definition) is 4. The van der Waals surface area contributed by atoms with Crippen LogP contribution in [-0.2, 0) is 38.8 Å². The van der Waals surface area contributed by atoms with Gasteiger partial charge in [-0.25, -0.2) is 0 Å². The van der Waals surface area contributed by atoms with E-state index in [1.165, 1.54) is 0 Å². The second-order valence-electron chi connectivity index (χ2n) is 8.93. The van der Waals surface area contributed by atoms with Crippen molar-refractivity contribution in [3.05, 3.63) is 126 Å². The highest BCUT2D eigenvalue weighted by Crippen LogP contribution is 2.19. The molecule has 0 aromatic heterocycles. The van der Waals surface area contributed by atoms with Crippen molar-refractivity contribution in [1.29, 1.82) is 0 Å². The average molecular weight is 499 g/mol. The summed E-state index contributed by atoms with van der Waals surface area (Å²) in [6, 6.07) is 24.5. The smallest absolute Gasteiger partial charge is 0.138 e. The third-order valence-corrected chi connectivity index (χ3v) is 6.00. The Labute approximate surface area is 221 Å². The van der Waals surface area contributed by atoms with Crippen molar-refractivity contribution in [1.82, 2.24) is 0 Å². The molecule has 0 amide bonds. The van der Waals surface area contributed by atoms with E-state index in [9.17, 15) is 0 Å². The lowest BCUT2D eigenvalue weighted by molar-refractivity contribution is -0.170. The lowest BCUT2D eigenvalue weighted by Gasteiger charge is -2.33. The summed E-state index contributed by atoms with van der Waals surface area (Å²) in [7, 11) is 0. The van der Waals surface area contributed by atoms with E-state index in [1.54, 1.807) is 0 Å². The summed E-state index contributed by atoms with van der Waals surface area (Å²) in [4.78, 5) is 0. The maximum atomic E-state index is 6.24. The molecule has 0 heterocycles. The molecular weight excluding hydrogens is 460 g/mol. The highest BCUT2D eigenvalue weighted by molar-refractivity contribution is 5.48. The standard InChI is InChI=1S/C33H38O4/c1-5-27-9-15-30(16-10-27)21-34-24-33(37-8-4,25-35-22-31-17-11-28(6-2)12-18-31)26-36-23-32-19-13-29(7-3)14-20-32/h5-7,9-20H,1-3,8,21-26H2,4H3. The van der Waals surface area contributed by atoms with Crippen LogP contribution in [0.15, 0.2) is 92.5 Å². The topological polar surface area (TPSA) is 36.9 Å². The zero-order valence-corrected chi connectivity index (χ0v) is 21.9. The molecule has 0 aliphatic heterocycles. The summed E-state index contributed by atoms with van der Waals surface area (Å²) in [5.74, 6) is 0. The molecule has 3 aromatic rings. The molecular formula is C33H38O4. The Morgan fingerprint density at radius 1 is 0.541 bits per heavy atom. The summed E-state index contributed by atoms with van der Waals surface area (Å²) in [6.07, 6.45) is 5.49. The van der Waals surface area contributed by atoms with Gasteiger partial charge >= 0.3 is 0 Å². The Morgan fingerprint density at radius 2 is 0.838 bits per heavy atom. The summed E-state index contributed by atoms with van der Waals surface area (Å²) in [5, 5.41) is 0. The summed E-state index contributed by atoms with van der Waals surface area (Å²) in [6.45, 7) is 16.4. The fraction of sp³-hybridized carbons (Fsp3) is 0.273. The Hall–Kier alpha value is -3.28. The van der Waals surface area contributed by atoms with Crippen LogP contribution in [-0.4, -0.2) is 32.0 Å². The molecule has 3 aromatic carbocycles. The third-order valence-electron chi connectivity index (χ3n) is 6.00. The summed E-state index contributed by atoms with van der Waals surface area (Å²) in [5.41, 5.74) is 5.76.